The average molecular weight is 152 g/mol. The Bertz CT molecular complexity index is 144. The lowest BCUT2D eigenvalue weighted by Gasteiger charge is -2.31. The van der Waals surface area contributed by atoms with Crippen LogP contribution in [0, 0.1) is 11.3 Å². The van der Waals surface area contributed by atoms with E-state index in [9.17, 15) is 0 Å². The Morgan fingerprint density at radius 2 is 2.00 bits per heavy atom. The Morgan fingerprint density at radius 3 is 2.64 bits per heavy atom. The number of rotatable bonds is 1. The van der Waals surface area contributed by atoms with Gasteiger partial charge in [0, 0.05) is 0 Å². The van der Waals surface area contributed by atoms with Gasteiger partial charge in [0.25, 0.3) is 0 Å². The van der Waals surface area contributed by atoms with Crippen LogP contribution in [0.1, 0.15) is 46.5 Å². The maximum atomic E-state index is 2.42. The van der Waals surface area contributed by atoms with Gasteiger partial charge in [0.1, 0.15) is 0 Å². The van der Waals surface area contributed by atoms with Crippen molar-refractivity contribution in [1.29, 1.82) is 0 Å². The fraction of sp³-hybridized carbons (Fsp3) is 0.818. The summed E-state index contributed by atoms with van der Waals surface area (Å²) in [5.41, 5.74) is 0.576. The van der Waals surface area contributed by atoms with E-state index >= 15 is 0 Å². The monoisotopic (exact) mass is 152 g/mol. The van der Waals surface area contributed by atoms with Gasteiger partial charge in [-0.3, -0.25) is 0 Å². The fourth-order valence-electron chi connectivity index (χ4n) is 1.72. The number of allylic oxidation sites excluding steroid dienone is 2. The molecule has 0 aromatic carbocycles. The van der Waals surface area contributed by atoms with Crippen molar-refractivity contribution in [2.24, 2.45) is 11.3 Å². The molecule has 11 heavy (non-hydrogen) atoms. The molecule has 0 heterocycles. The third-order valence-electron chi connectivity index (χ3n) is 3.26. The van der Waals surface area contributed by atoms with Crippen molar-refractivity contribution in [3.63, 3.8) is 0 Å². The minimum absolute atomic E-state index is 0.576. The second-order valence-electron chi connectivity index (χ2n) is 4.38. The van der Waals surface area contributed by atoms with E-state index in [1.807, 2.05) is 0 Å². The first kappa shape index (κ1) is 8.83. The summed E-state index contributed by atoms with van der Waals surface area (Å²) in [5, 5.41) is 0. The first-order valence-corrected chi connectivity index (χ1v) is 4.80. The van der Waals surface area contributed by atoms with Crippen LogP contribution in [0.4, 0.5) is 0 Å². The Hall–Kier alpha value is -0.260. The molecule has 0 nitrogen and oxygen atoms in total. The van der Waals surface area contributed by atoms with Gasteiger partial charge in [0.05, 0.1) is 0 Å². The largest absolute Gasteiger partial charge is 0.0885 e. The molecule has 0 amide bonds. The molecule has 0 spiro atoms. The minimum atomic E-state index is 0.576. The molecule has 1 rings (SSSR count). The zero-order chi connectivity index (χ0) is 8.32. The number of hydrogen-bond donors (Lipinski definition) is 0. The summed E-state index contributed by atoms with van der Waals surface area (Å²) in [7, 11) is 0. The van der Waals surface area contributed by atoms with E-state index < -0.39 is 0 Å². The molecule has 0 fully saturated rings. The maximum Gasteiger partial charge on any atom is -0.0268 e. The first-order chi connectivity index (χ1) is 5.15. The van der Waals surface area contributed by atoms with Crippen molar-refractivity contribution >= 4 is 0 Å². The quantitative estimate of drug-likeness (QED) is 0.502. The highest BCUT2D eigenvalue weighted by molar-refractivity contribution is 4.94. The molecule has 1 aliphatic rings. The van der Waals surface area contributed by atoms with Gasteiger partial charge in [0.2, 0.25) is 0 Å². The topological polar surface area (TPSA) is 0 Å². The second kappa shape index (κ2) is 3.42. The zero-order valence-corrected chi connectivity index (χ0v) is 8.06. The lowest BCUT2D eigenvalue weighted by molar-refractivity contribution is 0.201. The standard InChI is InChI=1S/C11H20/c1-10(2)11(3)8-6-4-5-7-9-11/h4,6,10H,5,7-9H2,1-3H3. The third-order valence-corrected chi connectivity index (χ3v) is 3.26. The van der Waals surface area contributed by atoms with Gasteiger partial charge in [-0.2, -0.15) is 0 Å². The Labute approximate surface area is 70.7 Å². The first-order valence-electron chi connectivity index (χ1n) is 4.80. The van der Waals surface area contributed by atoms with Gasteiger partial charge in [-0.25, -0.2) is 0 Å². The Kier molecular flexibility index (Phi) is 2.75. The van der Waals surface area contributed by atoms with Gasteiger partial charge in [-0.1, -0.05) is 32.9 Å². The van der Waals surface area contributed by atoms with Crippen molar-refractivity contribution in [2.75, 3.05) is 0 Å². The highest BCUT2D eigenvalue weighted by atomic mass is 14.3. The van der Waals surface area contributed by atoms with Crippen LogP contribution in [0.2, 0.25) is 0 Å². The van der Waals surface area contributed by atoms with E-state index in [1.165, 1.54) is 25.7 Å². The molecule has 0 saturated heterocycles. The lowest BCUT2D eigenvalue weighted by atomic mass is 9.74. The molecular weight excluding hydrogens is 132 g/mol. The molecule has 1 aliphatic carbocycles. The van der Waals surface area contributed by atoms with E-state index in [0.717, 1.165) is 5.92 Å². The molecule has 0 saturated carbocycles. The van der Waals surface area contributed by atoms with Crippen molar-refractivity contribution in [3.05, 3.63) is 12.2 Å². The van der Waals surface area contributed by atoms with E-state index in [0.29, 0.717) is 5.41 Å². The summed E-state index contributed by atoms with van der Waals surface area (Å²) >= 11 is 0. The molecule has 0 aliphatic heterocycles. The molecule has 0 N–H and O–H groups in total. The second-order valence-corrected chi connectivity index (χ2v) is 4.38. The van der Waals surface area contributed by atoms with Crippen molar-refractivity contribution < 1.29 is 0 Å². The van der Waals surface area contributed by atoms with Crippen molar-refractivity contribution in [1.82, 2.24) is 0 Å². The van der Waals surface area contributed by atoms with Crippen LogP contribution in [0.5, 0.6) is 0 Å². The van der Waals surface area contributed by atoms with Gasteiger partial charge in [0.15, 0.2) is 0 Å². The number of hydrogen-bond acceptors (Lipinski definition) is 0. The van der Waals surface area contributed by atoms with E-state index in [2.05, 4.69) is 32.9 Å². The zero-order valence-electron chi connectivity index (χ0n) is 8.06. The van der Waals surface area contributed by atoms with Gasteiger partial charge in [-0.05, 0) is 37.0 Å². The average Bonchev–Trinajstić information content (AvgIpc) is 2.15. The van der Waals surface area contributed by atoms with Crippen molar-refractivity contribution in [3.8, 4) is 0 Å². The molecule has 0 radical (unpaired) electrons. The summed E-state index contributed by atoms with van der Waals surface area (Å²) in [4.78, 5) is 0. The molecule has 64 valence electrons. The van der Waals surface area contributed by atoms with Gasteiger partial charge >= 0.3 is 0 Å². The van der Waals surface area contributed by atoms with Crippen LogP contribution in [-0.4, -0.2) is 0 Å². The van der Waals surface area contributed by atoms with Crippen LogP contribution >= 0.6 is 0 Å². The lowest BCUT2D eigenvalue weighted by Crippen LogP contribution is -2.21. The van der Waals surface area contributed by atoms with Crippen LogP contribution in [0.25, 0.3) is 0 Å². The van der Waals surface area contributed by atoms with Gasteiger partial charge in [-0.15, -0.1) is 0 Å². The molecule has 0 aromatic heterocycles. The van der Waals surface area contributed by atoms with Crippen LogP contribution in [0.15, 0.2) is 12.2 Å². The van der Waals surface area contributed by atoms with E-state index in [4.69, 9.17) is 0 Å². The van der Waals surface area contributed by atoms with Gasteiger partial charge < -0.3 is 0 Å². The molecule has 0 bridgehead atoms. The van der Waals surface area contributed by atoms with Crippen molar-refractivity contribution in [2.45, 2.75) is 46.5 Å². The van der Waals surface area contributed by atoms with E-state index in [1.54, 1.807) is 0 Å². The van der Waals surface area contributed by atoms with Crippen LogP contribution in [-0.2, 0) is 0 Å². The highest BCUT2D eigenvalue weighted by Crippen LogP contribution is 2.38. The Balaban J connectivity index is 2.60. The van der Waals surface area contributed by atoms with Crippen LogP contribution in [0.3, 0.4) is 0 Å². The molecule has 0 aromatic rings. The predicted molar refractivity (Wildman–Crippen MR) is 50.6 cm³/mol. The summed E-state index contributed by atoms with van der Waals surface area (Å²) in [5.74, 6) is 0.824. The smallest absolute Gasteiger partial charge is 0.0268 e. The minimum Gasteiger partial charge on any atom is -0.0885 e. The predicted octanol–water partition coefficient (Wildman–Crippen LogP) is 3.78. The summed E-state index contributed by atoms with van der Waals surface area (Å²) in [6.07, 6.45) is 10.1. The molecule has 0 heteroatoms. The SMILES string of the molecule is CC(C)C1(C)CC=CCCC1. The normalized spacial score (nSPS) is 32.4. The summed E-state index contributed by atoms with van der Waals surface area (Å²) < 4.78 is 0. The van der Waals surface area contributed by atoms with E-state index in [-0.39, 0.29) is 0 Å². The molecule has 1 unspecified atom stereocenters. The molecular formula is C11H20. The Morgan fingerprint density at radius 1 is 1.27 bits per heavy atom. The maximum absolute atomic E-state index is 2.42. The fourth-order valence-corrected chi connectivity index (χ4v) is 1.72. The van der Waals surface area contributed by atoms with Crippen LogP contribution < -0.4 is 0 Å². The summed E-state index contributed by atoms with van der Waals surface area (Å²) in [6, 6.07) is 0. The highest BCUT2D eigenvalue weighted by Gasteiger charge is 2.26. The summed E-state index contributed by atoms with van der Waals surface area (Å²) in [6.45, 7) is 7.12. The molecule has 1 atom stereocenters. The third kappa shape index (κ3) is 2.08.